The van der Waals surface area contributed by atoms with Crippen LogP contribution in [0.5, 0.6) is 11.5 Å². The minimum atomic E-state index is -0.501. The first-order valence-electron chi connectivity index (χ1n) is 12.1. The van der Waals surface area contributed by atoms with Gasteiger partial charge in [-0.15, -0.1) is 0 Å². The maximum absolute atomic E-state index is 12.6. The van der Waals surface area contributed by atoms with Crippen molar-refractivity contribution in [2.75, 3.05) is 57.7 Å². The van der Waals surface area contributed by atoms with E-state index in [1.165, 1.54) is 6.42 Å². The number of amides is 2. The summed E-state index contributed by atoms with van der Waals surface area (Å²) < 4.78 is 12.3. The zero-order chi connectivity index (χ0) is 22.0. The SMILES string of the molecule is O=C(CN1CCN(CC(=O)N2CCCC2)CC1)Nc1ccc2c(c1)OC1(CCCCC1)O2. The highest BCUT2D eigenvalue weighted by molar-refractivity contribution is 5.92. The molecule has 1 saturated carbocycles. The van der Waals surface area contributed by atoms with Crippen LogP contribution in [0.1, 0.15) is 44.9 Å². The highest BCUT2D eigenvalue weighted by Gasteiger charge is 2.42. The predicted molar refractivity (Wildman–Crippen MR) is 121 cm³/mol. The average molecular weight is 443 g/mol. The van der Waals surface area contributed by atoms with Crippen LogP contribution in [0, 0.1) is 0 Å². The molecule has 0 unspecified atom stereocenters. The van der Waals surface area contributed by atoms with Gasteiger partial charge >= 0.3 is 0 Å². The Hall–Kier alpha value is -2.32. The van der Waals surface area contributed by atoms with Crippen molar-refractivity contribution in [3.8, 4) is 11.5 Å². The molecule has 2 amide bonds. The van der Waals surface area contributed by atoms with Gasteiger partial charge in [0.25, 0.3) is 5.79 Å². The van der Waals surface area contributed by atoms with Gasteiger partial charge in [0.2, 0.25) is 11.8 Å². The van der Waals surface area contributed by atoms with Crippen LogP contribution >= 0.6 is 0 Å². The van der Waals surface area contributed by atoms with Crippen LogP contribution < -0.4 is 14.8 Å². The molecule has 3 heterocycles. The van der Waals surface area contributed by atoms with Crippen LogP contribution in [0.2, 0.25) is 0 Å². The van der Waals surface area contributed by atoms with Crippen LogP contribution in [-0.2, 0) is 9.59 Å². The Morgan fingerprint density at radius 1 is 0.812 bits per heavy atom. The molecule has 1 aliphatic carbocycles. The maximum Gasteiger partial charge on any atom is 0.251 e. The molecule has 4 aliphatic rings. The molecule has 0 aromatic heterocycles. The molecule has 1 spiro atoms. The van der Waals surface area contributed by atoms with E-state index in [0.717, 1.165) is 95.0 Å². The third-order valence-electron chi connectivity index (χ3n) is 7.08. The molecule has 8 nitrogen and oxygen atoms in total. The number of piperazine rings is 1. The fourth-order valence-electron chi connectivity index (χ4n) is 5.23. The van der Waals surface area contributed by atoms with Crippen LogP contribution in [-0.4, -0.2) is 84.7 Å². The summed E-state index contributed by atoms with van der Waals surface area (Å²) in [5, 5.41) is 3.00. The molecular weight excluding hydrogens is 408 g/mol. The summed E-state index contributed by atoms with van der Waals surface area (Å²) in [6, 6.07) is 5.65. The number of fused-ring (bicyclic) bond motifs is 1. The van der Waals surface area contributed by atoms with E-state index in [0.29, 0.717) is 13.1 Å². The lowest BCUT2D eigenvalue weighted by atomic mass is 9.94. The molecule has 1 aromatic carbocycles. The van der Waals surface area contributed by atoms with E-state index in [4.69, 9.17) is 9.47 Å². The molecule has 0 atom stereocenters. The summed E-state index contributed by atoms with van der Waals surface area (Å²) >= 11 is 0. The van der Waals surface area contributed by atoms with Crippen LogP contribution in [0.25, 0.3) is 0 Å². The van der Waals surface area contributed by atoms with E-state index in [1.807, 2.05) is 23.1 Å². The van der Waals surface area contributed by atoms with Gasteiger partial charge in [-0.3, -0.25) is 19.4 Å². The largest absolute Gasteiger partial charge is 0.448 e. The molecule has 174 valence electrons. The van der Waals surface area contributed by atoms with Gasteiger partial charge in [0, 0.05) is 63.9 Å². The highest BCUT2D eigenvalue weighted by atomic mass is 16.7. The Kier molecular flexibility index (Phi) is 6.24. The molecule has 1 aromatic rings. The van der Waals surface area contributed by atoms with Gasteiger partial charge in [0.1, 0.15) is 0 Å². The van der Waals surface area contributed by atoms with Gasteiger partial charge in [-0.2, -0.15) is 0 Å². The Morgan fingerprint density at radius 2 is 1.47 bits per heavy atom. The smallest absolute Gasteiger partial charge is 0.251 e. The number of nitrogens with one attached hydrogen (secondary N) is 1. The number of nitrogens with zero attached hydrogens (tertiary/aromatic N) is 3. The summed E-state index contributed by atoms with van der Waals surface area (Å²) in [5.74, 6) is 1.20. The molecule has 2 saturated heterocycles. The number of carbonyl (C=O) groups is 2. The standard InChI is InChI=1S/C24H34N4O4/c29-22(17-26-12-14-27(15-13-26)18-23(30)28-10-4-5-11-28)25-19-6-7-20-21(16-19)32-24(31-20)8-2-1-3-9-24/h6-7,16H,1-5,8-15,17-18H2,(H,25,29). The molecular formula is C24H34N4O4. The minimum Gasteiger partial charge on any atom is -0.448 e. The number of ether oxygens (including phenoxy) is 2. The van der Waals surface area contributed by atoms with Crippen LogP contribution in [0.15, 0.2) is 18.2 Å². The Labute approximate surface area is 189 Å². The fourth-order valence-corrected chi connectivity index (χ4v) is 5.23. The average Bonchev–Trinajstić information content (AvgIpc) is 3.43. The molecule has 8 heteroatoms. The maximum atomic E-state index is 12.6. The first-order valence-corrected chi connectivity index (χ1v) is 12.1. The van der Waals surface area contributed by atoms with Crippen molar-refractivity contribution in [2.45, 2.75) is 50.7 Å². The van der Waals surface area contributed by atoms with Crippen molar-refractivity contribution < 1.29 is 19.1 Å². The third-order valence-corrected chi connectivity index (χ3v) is 7.08. The number of hydrogen-bond acceptors (Lipinski definition) is 6. The fraction of sp³-hybridized carbons (Fsp3) is 0.667. The monoisotopic (exact) mass is 442 g/mol. The second-order valence-corrected chi connectivity index (χ2v) is 9.53. The van der Waals surface area contributed by atoms with E-state index < -0.39 is 5.79 Å². The third kappa shape index (κ3) is 4.86. The minimum absolute atomic E-state index is 0.0298. The Bertz CT molecular complexity index is 840. The van der Waals surface area contributed by atoms with Gasteiger partial charge < -0.3 is 19.7 Å². The number of benzene rings is 1. The normalized spacial score (nSPS) is 22.9. The molecule has 0 bridgehead atoms. The zero-order valence-electron chi connectivity index (χ0n) is 18.8. The molecule has 1 N–H and O–H groups in total. The van der Waals surface area contributed by atoms with Crippen molar-refractivity contribution in [1.29, 1.82) is 0 Å². The van der Waals surface area contributed by atoms with E-state index in [-0.39, 0.29) is 11.8 Å². The molecule has 3 fully saturated rings. The number of rotatable bonds is 5. The number of likely N-dealkylation sites (tertiary alicyclic amines) is 1. The van der Waals surface area contributed by atoms with Crippen LogP contribution in [0.3, 0.4) is 0 Å². The lowest BCUT2D eigenvalue weighted by Crippen LogP contribution is -2.51. The van der Waals surface area contributed by atoms with Crippen LogP contribution in [0.4, 0.5) is 5.69 Å². The first kappa shape index (κ1) is 21.5. The molecule has 3 aliphatic heterocycles. The topological polar surface area (TPSA) is 74.4 Å². The van der Waals surface area contributed by atoms with Gasteiger partial charge in [0.15, 0.2) is 11.5 Å². The van der Waals surface area contributed by atoms with Crippen molar-refractivity contribution >= 4 is 17.5 Å². The van der Waals surface area contributed by atoms with Crippen molar-refractivity contribution in [3.05, 3.63) is 18.2 Å². The van der Waals surface area contributed by atoms with E-state index in [9.17, 15) is 9.59 Å². The highest BCUT2D eigenvalue weighted by Crippen LogP contribution is 2.46. The molecule has 32 heavy (non-hydrogen) atoms. The summed E-state index contributed by atoms with van der Waals surface area (Å²) in [6.45, 7) is 5.89. The number of anilines is 1. The summed E-state index contributed by atoms with van der Waals surface area (Å²) in [5.41, 5.74) is 0.736. The second-order valence-electron chi connectivity index (χ2n) is 9.53. The summed E-state index contributed by atoms with van der Waals surface area (Å²) in [4.78, 5) is 31.3. The van der Waals surface area contributed by atoms with Crippen molar-refractivity contribution in [2.24, 2.45) is 0 Å². The number of hydrogen-bond donors (Lipinski definition) is 1. The van der Waals surface area contributed by atoms with Crippen molar-refractivity contribution in [3.63, 3.8) is 0 Å². The lowest BCUT2D eigenvalue weighted by molar-refractivity contribution is -0.132. The van der Waals surface area contributed by atoms with E-state index in [2.05, 4.69) is 15.1 Å². The zero-order valence-corrected chi connectivity index (χ0v) is 18.8. The van der Waals surface area contributed by atoms with Gasteiger partial charge in [0.05, 0.1) is 13.1 Å². The van der Waals surface area contributed by atoms with Crippen molar-refractivity contribution in [1.82, 2.24) is 14.7 Å². The van der Waals surface area contributed by atoms with Gasteiger partial charge in [-0.1, -0.05) is 6.42 Å². The van der Waals surface area contributed by atoms with E-state index in [1.54, 1.807) is 0 Å². The van der Waals surface area contributed by atoms with E-state index >= 15 is 0 Å². The predicted octanol–water partition coefficient (Wildman–Crippen LogP) is 2.30. The Balaban J connectivity index is 1.07. The number of carbonyl (C=O) groups excluding carboxylic acids is 2. The summed E-state index contributed by atoms with van der Waals surface area (Å²) in [6.07, 6.45) is 7.55. The van der Waals surface area contributed by atoms with Gasteiger partial charge in [-0.05, 0) is 37.8 Å². The first-order chi connectivity index (χ1) is 15.6. The Morgan fingerprint density at radius 3 is 2.19 bits per heavy atom. The molecule has 5 rings (SSSR count). The lowest BCUT2D eigenvalue weighted by Gasteiger charge is -2.34. The summed E-state index contributed by atoms with van der Waals surface area (Å²) in [7, 11) is 0. The molecule has 0 radical (unpaired) electrons. The second kappa shape index (κ2) is 9.27. The quantitative estimate of drug-likeness (QED) is 0.754. The van der Waals surface area contributed by atoms with Gasteiger partial charge in [-0.25, -0.2) is 0 Å².